The molecular formula is C19H24N4OS. The first kappa shape index (κ1) is 15.7. The van der Waals surface area contributed by atoms with Gasteiger partial charge >= 0.3 is 0 Å². The second-order valence-corrected chi connectivity index (χ2v) is 8.82. The second-order valence-electron chi connectivity index (χ2n) is 7.65. The number of aromatic nitrogens is 3. The Labute approximate surface area is 151 Å². The van der Waals surface area contributed by atoms with Gasteiger partial charge in [-0.2, -0.15) is 5.10 Å². The van der Waals surface area contributed by atoms with Crippen LogP contribution in [0.2, 0.25) is 0 Å². The molecule has 2 aliphatic carbocycles. The van der Waals surface area contributed by atoms with Crippen LogP contribution in [0.25, 0.3) is 0 Å². The van der Waals surface area contributed by atoms with E-state index in [4.69, 9.17) is 4.98 Å². The molecule has 5 nitrogen and oxygen atoms in total. The Balaban J connectivity index is 1.31. The van der Waals surface area contributed by atoms with Gasteiger partial charge in [0.25, 0.3) is 5.56 Å². The van der Waals surface area contributed by atoms with Gasteiger partial charge in [-0.3, -0.25) is 9.69 Å². The normalized spacial score (nSPS) is 23.3. The van der Waals surface area contributed by atoms with Crippen molar-refractivity contribution < 1.29 is 0 Å². The van der Waals surface area contributed by atoms with Gasteiger partial charge in [-0.15, -0.1) is 11.3 Å². The number of nitrogens with zero attached hydrogens (tertiary/aromatic N) is 4. The van der Waals surface area contributed by atoms with Gasteiger partial charge in [-0.25, -0.2) is 9.67 Å². The van der Waals surface area contributed by atoms with Crippen LogP contribution in [-0.2, 0) is 25.9 Å². The number of thiazole rings is 1. The Morgan fingerprint density at radius 1 is 1.16 bits per heavy atom. The molecule has 2 fully saturated rings. The fraction of sp³-hybridized carbons (Fsp3) is 0.632. The van der Waals surface area contributed by atoms with Crippen LogP contribution in [-0.4, -0.2) is 32.3 Å². The summed E-state index contributed by atoms with van der Waals surface area (Å²) in [4.78, 5) is 21.1. The van der Waals surface area contributed by atoms with Crippen LogP contribution in [0.4, 0.5) is 0 Å². The lowest BCUT2D eigenvalue weighted by molar-refractivity contribution is 0.216. The molecule has 0 bridgehead atoms. The van der Waals surface area contributed by atoms with E-state index in [1.807, 2.05) is 17.4 Å². The van der Waals surface area contributed by atoms with Gasteiger partial charge in [0.05, 0.1) is 24.5 Å². The van der Waals surface area contributed by atoms with E-state index in [-0.39, 0.29) is 5.56 Å². The Kier molecular flexibility index (Phi) is 3.97. The zero-order valence-corrected chi connectivity index (χ0v) is 15.3. The predicted octanol–water partition coefficient (Wildman–Crippen LogP) is 2.73. The molecule has 25 heavy (non-hydrogen) atoms. The average Bonchev–Trinajstić information content (AvgIpc) is 3.02. The summed E-state index contributed by atoms with van der Waals surface area (Å²) in [5.41, 5.74) is 2.47. The van der Waals surface area contributed by atoms with E-state index in [0.717, 1.165) is 31.6 Å². The van der Waals surface area contributed by atoms with Crippen molar-refractivity contribution in [2.45, 2.75) is 70.0 Å². The van der Waals surface area contributed by atoms with Crippen LogP contribution >= 0.6 is 11.3 Å². The molecule has 1 saturated carbocycles. The van der Waals surface area contributed by atoms with Gasteiger partial charge in [0.1, 0.15) is 5.01 Å². The lowest BCUT2D eigenvalue weighted by Crippen LogP contribution is -2.36. The first-order valence-corrected chi connectivity index (χ1v) is 10.4. The number of hydrogen-bond acceptors (Lipinski definition) is 5. The van der Waals surface area contributed by atoms with Crippen LogP contribution in [0.15, 0.2) is 16.9 Å². The third-order valence-corrected chi connectivity index (χ3v) is 6.89. The number of hydrogen-bond donors (Lipinski definition) is 0. The molecule has 1 aliphatic heterocycles. The second kappa shape index (κ2) is 6.32. The summed E-state index contributed by atoms with van der Waals surface area (Å²) in [5, 5.41) is 5.90. The topological polar surface area (TPSA) is 51.0 Å². The SMILES string of the molecule is O=c1ccc(C2CC2)nn1CC1CCCN1Cc1nc2c(s1)CCC2. The van der Waals surface area contributed by atoms with Crippen molar-refractivity contribution in [3.8, 4) is 0 Å². The highest BCUT2D eigenvalue weighted by atomic mass is 32.1. The van der Waals surface area contributed by atoms with Gasteiger partial charge in [-0.05, 0) is 57.6 Å². The van der Waals surface area contributed by atoms with Gasteiger partial charge in [0.15, 0.2) is 0 Å². The molecular weight excluding hydrogens is 332 g/mol. The summed E-state index contributed by atoms with van der Waals surface area (Å²) < 4.78 is 1.71. The number of fused-ring (bicyclic) bond motifs is 1. The molecule has 1 saturated heterocycles. The average molecular weight is 356 g/mol. The molecule has 132 valence electrons. The number of likely N-dealkylation sites (tertiary alicyclic amines) is 1. The summed E-state index contributed by atoms with van der Waals surface area (Å²) in [7, 11) is 0. The Hall–Kier alpha value is -1.53. The van der Waals surface area contributed by atoms with Gasteiger partial charge in [0.2, 0.25) is 0 Å². The molecule has 2 aromatic heterocycles. The van der Waals surface area contributed by atoms with Crippen LogP contribution in [0.3, 0.4) is 0 Å². The minimum absolute atomic E-state index is 0.0319. The van der Waals surface area contributed by atoms with E-state index in [1.54, 1.807) is 10.7 Å². The Morgan fingerprint density at radius 3 is 2.92 bits per heavy atom. The summed E-state index contributed by atoms with van der Waals surface area (Å²) in [6.45, 7) is 2.75. The van der Waals surface area contributed by atoms with Gasteiger partial charge in [-0.1, -0.05) is 0 Å². The monoisotopic (exact) mass is 356 g/mol. The van der Waals surface area contributed by atoms with Crippen molar-refractivity contribution in [2.75, 3.05) is 6.54 Å². The molecule has 0 aromatic carbocycles. The minimum atomic E-state index is 0.0319. The van der Waals surface area contributed by atoms with Crippen molar-refractivity contribution in [3.05, 3.63) is 43.8 Å². The molecule has 2 aromatic rings. The highest BCUT2D eigenvalue weighted by Crippen LogP contribution is 2.38. The fourth-order valence-electron chi connectivity index (χ4n) is 4.19. The van der Waals surface area contributed by atoms with Crippen LogP contribution in [0, 0.1) is 0 Å². The van der Waals surface area contributed by atoms with Gasteiger partial charge in [0, 0.05) is 22.9 Å². The molecule has 0 spiro atoms. The van der Waals surface area contributed by atoms with E-state index in [0.29, 0.717) is 18.5 Å². The number of aryl methyl sites for hydroxylation is 2. The summed E-state index contributed by atoms with van der Waals surface area (Å²) in [5.74, 6) is 0.587. The fourth-order valence-corrected chi connectivity index (χ4v) is 5.37. The molecule has 0 radical (unpaired) electrons. The van der Waals surface area contributed by atoms with Gasteiger partial charge < -0.3 is 0 Å². The van der Waals surface area contributed by atoms with E-state index < -0.39 is 0 Å². The molecule has 6 heteroatoms. The first-order valence-electron chi connectivity index (χ1n) is 9.56. The van der Waals surface area contributed by atoms with Crippen LogP contribution in [0.5, 0.6) is 0 Å². The lowest BCUT2D eigenvalue weighted by Gasteiger charge is -2.23. The number of rotatable bonds is 5. The van der Waals surface area contributed by atoms with E-state index in [9.17, 15) is 4.79 Å². The van der Waals surface area contributed by atoms with Crippen molar-refractivity contribution in [2.24, 2.45) is 0 Å². The highest BCUT2D eigenvalue weighted by molar-refractivity contribution is 7.11. The van der Waals surface area contributed by atoms with Crippen molar-refractivity contribution in [1.29, 1.82) is 0 Å². The molecule has 1 unspecified atom stereocenters. The smallest absolute Gasteiger partial charge is 0.266 e. The largest absolute Gasteiger partial charge is 0.292 e. The first-order chi connectivity index (χ1) is 12.3. The van der Waals surface area contributed by atoms with Crippen molar-refractivity contribution >= 4 is 11.3 Å². The van der Waals surface area contributed by atoms with E-state index in [1.165, 1.54) is 47.7 Å². The molecule has 3 aliphatic rings. The maximum absolute atomic E-state index is 12.2. The lowest BCUT2D eigenvalue weighted by atomic mass is 10.2. The summed E-state index contributed by atoms with van der Waals surface area (Å²) in [6, 6.07) is 4.02. The van der Waals surface area contributed by atoms with E-state index >= 15 is 0 Å². The predicted molar refractivity (Wildman–Crippen MR) is 98.0 cm³/mol. The minimum Gasteiger partial charge on any atom is -0.292 e. The van der Waals surface area contributed by atoms with E-state index in [2.05, 4.69) is 10.00 Å². The highest BCUT2D eigenvalue weighted by Gasteiger charge is 2.29. The summed E-state index contributed by atoms with van der Waals surface area (Å²) >= 11 is 1.90. The third-order valence-electron chi connectivity index (χ3n) is 5.74. The molecule has 0 amide bonds. The zero-order chi connectivity index (χ0) is 16.8. The molecule has 0 N–H and O–H groups in total. The Bertz CT molecular complexity index is 817. The van der Waals surface area contributed by atoms with Crippen LogP contribution in [0.1, 0.15) is 59.3 Å². The van der Waals surface area contributed by atoms with Crippen molar-refractivity contribution in [3.63, 3.8) is 0 Å². The van der Waals surface area contributed by atoms with Crippen molar-refractivity contribution in [1.82, 2.24) is 19.7 Å². The standard InChI is InChI=1S/C19H24N4OS/c24-19-9-8-15(13-6-7-13)21-23(19)11-14-3-2-10-22(14)12-18-20-16-4-1-5-17(16)25-18/h8-9,13-14H,1-7,10-12H2. The maximum atomic E-state index is 12.2. The van der Waals surface area contributed by atoms with Crippen LogP contribution < -0.4 is 5.56 Å². The quantitative estimate of drug-likeness (QED) is 0.827. The molecule has 1 atom stereocenters. The zero-order valence-electron chi connectivity index (χ0n) is 14.5. The Morgan fingerprint density at radius 2 is 2.08 bits per heavy atom. The summed E-state index contributed by atoms with van der Waals surface area (Å²) in [6.07, 6.45) is 8.42. The third kappa shape index (κ3) is 3.17. The molecule has 5 rings (SSSR count). The maximum Gasteiger partial charge on any atom is 0.266 e. The molecule has 3 heterocycles.